The molecule has 3 aromatic rings. The van der Waals surface area contributed by atoms with Crippen LogP contribution in [0.5, 0.6) is 0 Å². The Labute approximate surface area is 150 Å². The number of benzene rings is 1. The fourth-order valence-electron chi connectivity index (χ4n) is 3.58. The number of fused-ring (bicyclic) bond motifs is 2. The minimum Gasteiger partial charge on any atom is -0.383 e. The number of nitrogens with zero attached hydrogens (tertiary/aromatic N) is 2. The van der Waals surface area contributed by atoms with Gasteiger partial charge in [0, 0.05) is 12.4 Å². The van der Waals surface area contributed by atoms with E-state index in [1.54, 1.807) is 12.3 Å². The first-order chi connectivity index (χ1) is 12.5. The van der Waals surface area contributed by atoms with E-state index in [2.05, 4.69) is 10.3 Å². The largest absolute Gasteiger partial charge is 0.383 e. The van der Waals surface area contributed by atoms with Gasteiger partial charge in [0.15, 0.2) is 0 Å². The van der Waals surface area contributed by atoms with Crippen LogP contribution < -0.4 is 10.9 Å². The maximum absolute atomic E-state index is 12.6. The van der Waals surface area contributed by atoms with Crippen LogP contribution in [0.1, 0.15) is 33.5 Å². The van der Waals surface area contributed by atoms with Gasteiger partial charge in [-0.1, -0.05) is 30.3 Å². The summed E-state index contributed by atoms with van der Waals surface area (Å²) in [5.74, 6) is -0.531. The highest BCUT2D eigenvalue weighted by atomic mass is 16.3. The lowest BCUT2D eigenvalue weighted by atomic mass is 9.96. The number of carbonyl (C=O) groups is 1. The third-order valence-electron chi connectivity index (χ3n) is 5.04. The second-order valence-electron chi connectivity index (χ2n) is 6.73. The summed E-state index contributed by atoms with van der Waals surface area (Å²) in [4.78, 5) is 29.4. The Hall–Kier alpha value is -2.99. The molecule has 1 aromatic carbocycles. The number of carbonyl (C=O) groups excluding carboxylic acids is 1. The van der Waals surface area contributed by atoms with Gasteiger partial charge in [0.05, 0.1) is 6.54 Å². The van der Waals surface area contributed by atoms with E-state index in [-0.39, 0.29) is 12.1 Å². The average Bonchev–Trinajstić information content (AvgIpc) is 2.99. The lowest BCUT2D eigenvalue weighted by Crippen LogP contribution is -2.41. The molecule has 2 N–H and O–H groups in total. The van der Waals surface area contributed by atoms with Gasteiger partial charge in [0.25, 0.3) is 11.5 Å². The Morgan fingerprint density at radius 3 is 2.96 bits per heavy atom. The monoisotopic (exact) mass is 349 g/mol. The molecule has 0 bridgehead atoms. The molecule has 1 aliphatic carbocycles. The van der Waals surface area contributed by atoms with E-state index in [0.29, 0.717) is 12.1 Å². The number of amides is 1. The van der Waals surface area contributed by atoms with Crippen molar-refractivity contribution in [3.63, 3.8) is 0 Å². The van der Waals surface area contributed by atoms with E-state index in [0.717, 1.165) is 23.1 Å². The summed E-state index contributed by atoms with van der Waals surface area (Å²) >= 11 is 0. The minimum atomic E-state index is -1.11. The molecule has 0 aliphatic heterocycles. The van der Waals surface area contributed by atoms with Gasteiger partial charge in [-0.25, -0.2) is 4.98 Å². The van der Waals surface area contributed by atoms with Crippen LogP contribution in [0.2, 0.25) is 0 Å². The Bertz CT molecular complexity index is 1070. The molecule has 132 valence electrons. The first kappa shape index (κ1) is 16.5. The SMILES string of the molecule is Cc1cccn2c(=O)c(C(=O)NCC3(O)CCc4ccccc43)cnc12. The van der Waals surface area contributed by atoms with Crippen LogP contribution in [-0.4, -0.2) is 26.9 Å². The van der Waals surface area contributed by atoms with Crippen molar-refractivity contribution in [2.45, 2.75) is 25.4 Å². The van der Waals surface area contributed by atoms with Crippen LogP contribution in [0.3, 0.4) is 0 Å². The van der Waals surface area contributed by atoms with Gasteiger partial charge in [-0.3, -0.25) is 14.0 Å². The number of nitrogens with one attached hydrogen (secondary N) is 1. The maximum atomic E-state index is 12.6. The summed E-state index contributed by atoms with van der Waals surface area (Å²) in [6.07, 6.45) is 4.20. The quantitative estimate of drug-likeness (QED) is 0.752. The predicted molar refractivity (Wildman–Crippen MR) is 97.2 cm³/mol. The van der Waals surface area contributed by atoms with E-state index in [9.17, 15) is 14.7 Å². The average molecular weight is 349 g/mol. The molecule has 1 amide bonds. The molecule has 1 unspecified atom stereocenters. The first-order valence-electron chi connectivity index (χ1n) is 8.55. The number of aryl methyl sites for hydroxylation is 2. The molecule has 2 heterocycles. The Morgan fingerprint density at radius 1 is 1.31 bits per heavy atom. The van der Waals surface area contributed by atoms with Crippen LogP contribution in [0, 0.1) is 6.92 Å². The maximum Gasteiger partial charge on any atom is 0.270 e. The molecule has 0 spiro atoms. The van der Waals surface area contributed by atoms with Crippen LogP contribution in [0.25, 0.3) is 5.65 Å². The standard InChI is InChI=1S/C20H19N3O3/c1-13-5-4-10-23-17(13)21-11-15(19(23)25)18(24)22-12-20(26)9-8-14-6-2-3-7-16(14)20/h2-7,10-11,26H,8-9,12H2,1H3,(H,22,24). The van der Waals surface area contributed by atoms with Gasteiger partial charge in [-0.15, -0.1) is 0 Å². The fraction of sp³-hybridized carbons (Fsp3) is 0.250. The van der Waals surface area contributed by atoms with Gasteiger partial charge < -0.3 is 10.4 Å². The second kappa shape index (κ2) is 6.07. The molecule has 6 nitrogen and oxygen atoms in total. The summed E-state index contributed by atoms with van der Waals surface area (Å²) in [6, 6.07) is 11.3. The van der Waals surface area contributed by atoms with Crippen LogP contribution >= 0.6 is 0 Å². The normalized spacial score (nSPS) is 18.7. The number of aromatic nitrogens is 2. The van der Waals surface area contributed by atoms with Crippen LogP contribution in [0.4, 0.5) is 0 Å². The van der Waals surface area contributed by atoms with Crippen molar-refractivity contribution in [1.29, 1.82) is 0 Å². The number of rotatable bonds is 3. The highest BCUT2D eigenvalue weighted by Gasteiger charge is 2.36. The number of pyridine rings is 1. The number of hydrogen-bond donors (Lipinski definition) is 2. The lowest BCUT2D eigenvalue weighted by molar-refractivity contribution is 0.0369. The highest BCUT2D eigenvalue weighted by Crippen LogP contribution is 2.36. The smallest absolute Gasteiger partial charge is 0.270 e. The predicted octanol–water partition coefficient (Wildman–Crippen LogP) is 1.57. The van der Waals surface area contributed by atoms with Crippen molar-refractivity contribution in [2.75, 3.05) is 6.54 Å². The molecule has 0 saturated carbocycles. The first-order valence-corrected chi connectivity index (χ1v) is 8.55. The van der Waals surface area contributed by atoms with E-state index in [4.69, 9.17) is 0 Å². The minimum absolute atomic E-state index is 0.0389. The number of hydrogen-bond acceptors (Lipinski definition) is 4. The third kappa shape index (κ3) is 2.59. The van der Waals surface area contributed by atoms with Crippen LogP contribution in [-0.2, 0) is 12.0 Å². The summed E-state index contributed by atoms with van der Waals surface area (Å²) in [6.45, 7) is 1.91. The molecule has 2 aromatic heterocycles. The zero-order chi connectivity index (χ0) is 18.3. The van der Waals surface area contributed by atoms with Crippen molar-refractivity contribution in [1.82, 2.24) is 14.7 Å². The third-order valence-corrected chi connectivity index (χ3v) is 5.04. The Morgan fingerprint density at radius 2 is 2.12 bits per heavy atom. The molecule has 1 aliphatic rings. The topological polar surface area (TPSA) is 83.7 Å². The van der Waals surface area contributed by atoms with Crippen molar-refractivity contribution >= 4 is 11.6 Å². The Balaban J connectivity index is 1.59. The summed E-state index contributed by atoms with van der Waals surface area (Å²) in [5, 5.41) is 13.6. The van der Waals surface area contributed by atoms with E-state index in [1.165, 1.54) is 10.6 Å². The molecular formula is C20H19N3O3. The second-order valence-corrected chi connectivity index (χ2v) is 6.73. The van der Waals surface area contributed by atoms with Crippen molar-refractivity contribution < 1.29 is 9.90 Å². The molecule has 6 heteroatoms. The molecule has 26 heavy (non-hydrogen) atoms. The molecular weight excluding hydrogens is 330 g/mol. The van der Waals surface area contributed by atoms with E-state index in [1.807, 2.05) is 37.3 Å². The van der Waals surface area contributed by atoms with Crippen molar-refractivity contribution in [2.24, 2.45) is 0 Å². The summed E-state index contributed by atoms with van der Waals surface area (Å²) in [7, 11) is 0. The lowest BCUT2D eigenvalue weighted by Gasteiger charge is -2.24. The van der Waals surface area contributed by atoms with Gasteiger partial charge in [0.1, 0.15) is 16.8 Å². The van der Waals surface area contributed by atoms with Gasteiger partial charge in [-0.05, 0) is 42.5 Å². The van der Waals surface area contributed by atoms with Gasteiger partial charge >= 0.3 is 0 Å². The van der Waals surface area contributed by atoms with Crippen molar-refractivity contribution in [3.05, 3.63) is 81.4 Å². The zero-order valence-electron chi connectivity index (χ0n) is 14.4. The fourth-order valence-corrected chi connectivity index (χ4v) is 3.58. The van der Waals surface area contributed by atoms with Gasteiger partial charge in [0.2, 0.25) is 0 Å². The summed E-state index contributed by atoms with van der Waals surface area (Å²) < 4.78 is 1.36. The molecule has 4 rings (SSSR count). The molecule has 0 fully saturated rings. The van der Waals surface area contributed by atoms with Crippen molar-refractivity contribution in [3.8, 4) is 0 Å². The van der Waals surface area contributed by atoms with Crippen LogP contribution in [0.15, 0.2) is 53.6 Å². The number of aliphatic hydroxyl groups is 1. The van der Waals surface area contributed by atoms with Gasteiger partial charge in [-0.2, -0.15) is 0 Å². The molecule has 0 saturated heterocycles. The highest BCUT2D eigenvalue weighted by molar-refractivity contribution is 5.93. The molecule has 1 atom stereocenters. The van der Waals surface area contributed by atoms with E-state index >= 15 is 0 Å². The zero-order valence-corrected chi connectivity index (χ0v) is 14.4. The van der Waals surface area contributed by atoms with E-state index < -0.39 is 17.1 Å². The molecule has 0 radical (unpaired) electrons. The summed E-state index contributed by atoms with van der Waals surface area (Å²) in [5.41, 5.74) is 1.74. The Kier molecular flexibility index (Phi) is 3.85.